The summed E-state index contributed by atoms with van der Waals surface area (Å²) in [4.78, 5) is 27.2. The normalized spacial score (nSPS) is 16.6. The zero-order valence-corrected chi connectivity index (χ0v) is 13.0. The van der Waals surface area contributed by atoms with E-state index in [0.717, 1.165) is 36.4 Å². The van der Waals surface area contributed by atoms with E-state index in [1.165, 1.54) is 0 Å². The first-order valence-electron chi connectivity index (χ1n) is 7.18. The van der Waals surface area contributed by atoms with Gasteiger partial charge in [0.15, 0.2) is 0 Å². The lowest BCUT2D eigenvalue weighted by Gasteiger charge is -2.28. The number of nitrogens with zero attached hydrogens (tertiary/aromatic N) is 1. The largest absolute Gasteiger partial charge is 0.481 e. The van der Waals surface area contributed by atoms with Gasteiger partial charge in [0, 0.05) is 24.0 Å². The molecule has 0 unspecified atom stereocenters. The maximum absolute atomic E-state index is 11.9. The Morgan fingerprint density at radius 1 is 1.43 bits per heavy atom. The third kappa shape index (κ3) is 4.70. The molecule has 1 aromatic heterocycles. The number of urea groups is 1. The fourth-order valence-corrected chi connectivity index (χ4v) is 3.55. The van der Waals surface area contributed by atoms with Gasteiger partial charge in [0.25, 0.3) is 0 Å². The molecule has 7 heteroatoms. The second-order valence-electron chi connectivity index (χ2n) is 5.57. The molecule has 1 aliphatic rings. The minimum absolute atomic E-state index is 0.00784. The molecule has 21 heavy (non-hydrogen) atoms. The van der Waals surface area contributed by atoms with Gasteiger partial charge in [-0.2, -0.15) is 0 Å². The molecule has 116 valence electrons. The summed E-state index contributed by atoms with van der Waals surface area (Å²) in [6, 6.07) is -0.286. The number of hydrogen-bond acceptors (Lipinski definition) is 4. The first kappa shape index (κ1) is 15.8. The van der Waals surface area contributed by atoms with Crippen molar-refractivity contribution < 1.29 is 14.7 Å². The van der Waals surface area contributed by atoms with Crippen molar-refractivity contribution in [3.63, 3.8) is 0 Å². The number of carboxylic acid groups (broad SMARTS) is 1. The van der Waals surface area contributed by atoms with Crippen LogP contribution in [0.5, 0.6) is 0 Å². The lowest BCUT2D eigenvalue weighted by molar-refractivity contribution is -0.138. The Hall–Kier alpha value is -1.63. The number of nitrogens with one attached hydrogen (secondary N) is 2. The van der Waals surface area contributed by atoms with Crippen molar-refractivity contribution >= 4 is 23.3 Å². The fourth-order valence-electron chi connectivity index (χ4n) is 2.77. The van der Waals surface area contributed by atoms with Crippen LogP contribution in [0.25, 0.3) is 0 Å². The molecule has 1 aliphatic carbocycles. The standard InChI is InChI=1S/C14H21N3O3S/c1-10-9-21-11(16-10)4-7-15-13(20)17-14(8-12(18)19)5-2-3-6-14/h9H,2-8H2,1H3,(H,18,19)(H2,15,17,20). The third-order valence-electron chi connectivity index (χ3n) is 3.72. The molecular weight excluding hydrogens is 290 g/mol. The zero-order valence-electron chi connectivity index (χ0n) is 12.1. The molecule has 1 saturated carbocycles. The molecular formula is C14H21N3O3S. The number of aromatic nitrogens is 1. The monoisotopic (exact) mass is 311 g/mol. The van der Waals surface area contributed by atoms with E-state index in [4.69, 9.17) is 5.11 Å². The number of aryl methyl sites for hydroxylation is 1. The van der Waals surface area contributed by atoms with E-state index in [-0.39, 0.29) is 12.5 Å². The summed E-state index contributed by atoms with van der Waals surface area (Å²) >= 11 is 1.58. The van der Waals surface area contributed by atoms with Gasteiger partial charge in [-0.05, 0) is 19.8 Å². The van der Waals surface area contributed by atoms with E-state index < -0.39 is 11.5 Å². The van der Waals surface area contributed by atoms with Gasteiger partial charge < -0.3 is 15.7 Å². The van der Waals surface area contributed by atoms with E-state index in [2.05, 4.69) is 15.6 Å². The van der Waals surface area contributed by atoms with Crippen molar-refractivity contribution in [1.82, 2.24) is 15.6 Å². The summed E-state index contributed by atoms with van der Waals surface area (Å²) in [5.74, 6) is -0.865. The Bertz CT molecular complexity index is 509. The Balaban J connectivity index is 1.78. The highest BCUT2D eigenvalue weighted by Crippen LogP contribution is 2.32. The van der Waals surface area contributed by atoms with Gasteiger partial charge in [-0.1, -0.05) is 12.8 Å². The molecule has 0 aliphatic heterocycles. The van der Waals surface area contributed by atoms with Crippen LogP contribution >= 0.6 is 11.3 Å². The quantitative estimate of drug-likeness (QED) is 0.750. The minimum Gasteiger partial charge on any atom is -0.481 e. The second-order valence-corrected chi connectivity index (χ2v) is 6.51. The lowest BCUT2D eigenvalue weighted by atomic mass is 9.93. The maximum atomic E-state index is 11.9. The highest BCUT2D eigenvalue weighted by Gasteiger charge is 2.37. The molecule has 0 saturated heterocycles. The number of carboxylic acids is 1. The van der Waals surface area contributed by atoms with Gasteiger partial charge in [-0.15, -0.1) is 11.3 Å². The Kier molecular flexibility index (Phi) is 5.17. The van der Waals surface area contributed by atoms with Crippen molar-refractivity contribution in [2.45, 2.75) is 51.0 Å². The summed E-state index contributed by atoms with van der Waals surface area (Å²) in [5.41, 5.74) is 0.416. The SMILES string of the molecule is Cc1csc(CCNC(=O)NC2(CC(=O)O)CCCC2)n1. The summed E-state index contributed by atoms with van der Waals surface area (Å²) in [5, 5.41) is 17.6. The Labute approximate surface area is 128 Å². The van der Waals surface area contributed by atoms with Crippen molar-refractivity contribution in [2.75, 3.05) is 6.54 Å². The molecule has 1 fully saturated rings. The highest BCUT2D eigenvalue weighted by molar-refractivity contribution is 7.09. The molecule has 3 N–H and O–H groups in total. The van der Waals surface area contributed by atoms with Crippen LogP contribution in [0.15, 0.2) is 5.38 Å². The summed E-state index contributed by atoms with van der Waals surface area (Å²) in [7, 11) is 0. The maximum Gasteiger partial charge on any atom is 0.315 e. The van der Waals surface area contributed by atoms with Gasteiger partial charge in [-0.3, -0.25) is 4.79 Å². The second kappa shape index (κ2) is 6.89. The van der Waals surface area contributed by atoms with Crippen molar-refractivity contribution in [3.05, 3.63) is 16.1 Å². The van der Waals surface area contributed by atoms with Crippen LogP contribution in [0.2, 0.25) is 0 Å². The lowest BCUT2D eigenvalue weighted by Crippen LogP contribution is -2.51. The van der Waals surface area contributed by atoms with Gasteiger partial charge in [-0.25, -0.2) is 9.78 Å². The smallest absolute Gasteiger partial charge is 0.315 e. The number of thiazole rings is 1. The Morgan fingerprint density at radius 3 is 2.71 bits per heavy atom. The van der Waals surface area contributed by atoms with Crippen LogP contribution in [0, 0.1) is 6.92 Å². The number of rotatable bonds is 6. The van der Waals surface area contributed by atoms with E-state index >= 15 is 0 Å². The molecule has 0 bridgehead atoms. The molecule has 0 spiro atoms. The van der Waals surface area contributed by atoms with Gasteiger partial charge in [0.2, 0.25) is 0 Å². The zero-order chi connectivity index (χ0) is 15.3. The first-order chi connectivity index (χ1) is 9.99. The first-order valence-corrected chi connectivity index (χ1v) is 8.06. The van der Waals surface area contributed by atoms with Crippen molar-refractivity contribution in [1.29, 1.82) is 0 Å². The molecule has 1 heterocycles. The summed E-state index contributed by atoms with van der Waals surface area (Å²) < 4.78 is 0. The highest BCUT2D eigenvalue weighted by atomic mass is 32.1. The summed E-state index contributed by atoms with van der Waals surface area (Å²) in [6.45, 7) is 2.44. The van der Waals surface area contributed by atoms with Crippen molar-refractivity contribution in [3.8, 4) is 0 Å². The molecule has 1 aromatic rings. The van der Waals surface area contributed by atoms with Crippen LogP contribution in [0.1, 0.15) is 42.8 Å². The van der Waals surface area contributed by atoms with Crippen LogP contribution in [0.3, 0.4) is 0 Å². The van der Waals surface area contributed by atoms with E-state index in [9.17, 15) is 9.59 Å². The van der Waals surface area contributed by atoms with Gasteiger partial charge in [0.05, 0.1) is 17.0 Å². The number of carbonyl (C=O) groups excluding carboxylic acids is 1. The van der Waals surface area contributed by atoms with E-state index in [1.54, 1.807) is 11.3 Å². The van der Waals surface area contributed by atoms with E-state index in [1.807, 2.05) is 12.3 Å². The molecule has 2 rings (SSSR count). The Morgan fingerprint density at radius 2 is 2.14 bits per heavy atom. The van der Waals surface area contributed by atoms with Gasteiger partial charge in [0.1, 0.15) is 0 Å². The predicted octanol–water partition coefficient (Wildman–Crippen LogP) is 2.08. The number of hydrogen-bond donors (Lipinski definition) is 3. The molecule has 2 amide bonds. The van der Waals surface area contributed by atoms with Crippen LogP contribution in [0.4, 0.5) is 4.79 Å². The number of aliphatic carboxylic acids is 1. The average Bonchev–Trinajstić information content (AvgIpc) is 2.98. The van der Waals surface area contributed by atoms with Crippen LogP contribution in [-0.2, 0) is 11.2 Å². The third-order valence-corrected chi connectivity index (χ3v) is 4.75. The molecule has 0 radical (unpaired) electrons. The number of amides is 2. The molecule has 0 aromatic carbocycles. The van der Waals surface area contributed by atoms with Crippen LogP contribution < -0.4 is 10.6 Å². The topological polar surface area (TPSA) is 91.3 Å². The summed E-state index contributed by atoms with van der Waals surface area (Å²) in [6.07, 6.45) is 4.08. The van der Waals surface area contributed by atoms with E-state index in [0.29, 0.717) is 13.0 Å². The predicted molar refractivity (Wildman–Crippen MR) is 80.5 cm³/mol. The average molecular weight is 311 g/mol. The fraction of sp³-hybridized carbons (Fsp3) is 0.643. The van der Waals surface area contributed by atoms with Crippen LogP contribution in [-0.4, -0.2) is 34.2 Å². The minimum atomic E-state index is -0.865. The number of carbonyl (C=O) groups is 2. The molecule has 0 atom stereocenters. The van der Waals surface area contributed by atoms with Crippen molar-refractivity contribution in [2.24, 2.45) is 0 Å². The molecule has 6 nitrogen and oxygen atoms in total. The van der Waals surface area contributed by atoms with Gasteiger partial charge >= 0.3 is 12.0 Å².